The number of nitrogens with one attached hydrogen (secondary N) is 1. The number of amides is 1. The second-order valence-electron chi connectivity index (χ2n) is 4.47. The van der Waals surface area contributed by atoms with Crippen LogP contribution in [-0.4, -0.2) is 18.1 Å². The summed E-state index contributed by atoms with van der Waals surface area (Å²) in [5, 5.41) is 2.86. The lowest BCUT2D eigenvalue weighted by molar-refractivity contribution is -0.128. The van der Waals surface area contributed by atoms with Crippen LogP contribution in [0.1, 0.15) is 33.6 Å². The van der Waals surface area contributed by atoms with Gasteiger partial charge in [-0.15, -0.1) is 0 Å². The Morgan fingerprint density at radius 1 is 1.42 bits per heavy atom. The van der Waals surface area contributed by atoms with E-state index in [0.29, 0.717) is 5.69 Å². The monoisotopic (exact) mass is 268 g/mol. The molecule has 4 nitrogen and oxygen atoms in total. The highest BCUT2D eigenvalue weighted by Gasteiger charge is 2.18. The fraction of sp³-hybridized carbons (Fsp3) is 0.500. The van der Waals surface area contributed by atoms with Gasteiger partial charge in [-0.2, -0.15) is 0 Å². The highest BCUT2D eigenvalue weighted by atomic mass is 19.1. The molecule has 1 rings (SSSR count). The van der Waals surface area contributed by atoms with Gasteiger partial charge < -0.3 is 15.8 Å². The maximum absolute atomic E-state index is 13.5. The van der Waals surface area contributed by atoms with Crippen molar-refractivity contribution < 1.29 is 13.9 Å². The first-order valence-electron chi connectivity index (χ1n) is 6.50. The third kappa shape index (κ3) is 4.43. The molecule has 0 saturated carbocycles. The van der Waals surface area contributed by atoms with Gasteiger partial charge in [0.1, 0.15) is 0 Å². The van der Waals surface area contributed by atoms with Crippen molar-refractivity contribution in [1.29, 1.82) is 0 Å². The number of hydrogen-bond donors (Lipinski definition) is 2. The van der Waals surface area contributed by atoms with Crippen molar-refractivity contribution in [3.05, 3.63) is 24.0 Å². The van der Waals surface area contributed by atoms with Crippen LogP contribution in [0.4, 0.5) is 10.1 Å². The molecule has 0 aliphatic rings. The molecular formula is C14H21FN2O2. The Balaban J connectivity index is 2.63. The smallest absolute Gasteiger partial charge is 0.260 e. The molecular weight excluding hydrogens is 247 g/mol. The lowest BCUT2D eigenvalue weighted by Crippen LogP contribution is -2.42. The molecule has 0 aliphatic heterocycles. The van der Waals surface area contributed by atoms with Gasteiger partial charge in [0.05, 0.1) is 0 Å². The van der Waals surface area contributed by atoms with E-state index in [2.05, 4.69) is 5.32 Å². The second kappa shape index (κ2) is 6.97. The summed E-state index contributed by atoms with van der Waals surface area (Å²) in [5.74, 6) is -0.784. The molecule has 106 valence electrons. The molecule has 1 amide bonds. The van der Waals surface area contributed by atoms with Gasteiger partial charge in [-0.3, -0.25) is 4.79 Å². The van der Waals surface area contributed by atoms with Gasteiger partial charge in [-0.25, -0.2) is 4.39 Å². The number of anilines is 1. The van der Waals surface area contributed by atoms with Crippen LogP contribution in [0.2, 0.25) is 0 Å². The van der Waals surface area contributed by atoms with E-state index in [1.807, 2.05) is 13.8 Å². The van der Waals surface area contributed by atoms with Crippen LogP contribution >= 0.6 is 0 Å². The van der Waals surface area contributed by atoms with E-state index < -0.39 is 11.9 Å². The van der Waals surface area contributed by atoms with E-state index in [1.165, 1.54) is 18.2 Å². The number of hydrogen-bond acceptors (Lipinski definition) is 3. The van der Waals surface area contributed by atoms with E-state index in [4.69, 9.17) is 10.5 Å². The molecule has 0 aromatic heterocycles. The minimum Gasteiger partial charge on any atom is -0.478 e. The molecule has 1 unspecified atom stereocenters. The Bertz CT molecular complexity index is 433. The predicted octanol–water partition coefficient (Wildman–Crippen LogP) is 2.48. The van der Waals surface area contributed by atoms with E-state index in [9.17, 15) is 9.18 Å². The highest BCUT2D eigenvalue weighted by Crippen LogP contribution is 2.20. The fourth-order valence-corrected chi connectivity index (χ4v) is 1.67. The third-order valence-corrected chi connectivity index (χ3v) is 2.96. The van der Waals surface area contributed by atoms with E-state index in [1.54, 1.807) is 6.92 Å². The van der Waals surface area contributed by atoms with Crippen molar-refractivity contribution in [2.75, 3.05) is 5.73 Å². The topological polar surface area (TPSA) is 64.3 Å². The van der Waals surface area contributed by atoms with Gasteiger partial charge >= 0.3 is 0 Å². The number of carbonyl (C=O) groups excluding carboxylic acids is 1. The van der Waals surface area contributed by atoms with E-state index in [-0.39, 0.29) is 17.7 Å². The summed E-state index contributed by atoms with van der Waals surface area (Å²) in [6, 6.07) is 4.24. The summed E-state index contributed by atoms with van der Waals surface area (Å²) in [6.07, 6.45) is 0.954. The first-order valence-corrected chi connectivity index (χ1v) is 6.50. The number of halogens is 1. The number of benzene rings is 1. The van der Waals surface area contributed by atoms with Gasteiger partial charge in [0.15, 0.2) is 17.7 Å². The molecule has 1 aromatic rings. The molecule has 1 aromatic carbocycles. The quantitative estimate of drug-likeness (QED) is 0.779. The molecule has 1 atom stereocenters. The summed E-state index contributed by atoms with van der Waals surface area (Å²) in [4.78, 5) is 11.9. The van der Waals surface area contributed by atoms with Crippen LogP contribution in [0, 0.1) is 5.82 Å². The van der Waals surface area contributed by atoms with Crippen LogP contribution < -0.4 is 15.8 Å². The molecule has 19 heavy (non-hydrogen) atoms. The van der Waals surface area contributed by atoms with Crippen molar-refractivity contribution in [3.8, 4) is 5.75 Å². The van der Waals surface area contributed by atoms with Gasteiger partial charge in [0.25, 0.3) is 5.91 Å². The zero-order chi connectivity index (χ0) is 14.4. The molecule has 0 heterocycles. The molecule has 0 fully saturated rings. The average Bonchev–Trinajstić information content (AvgIpc) is 2.38. The van der Waals surface area contributed by atoms with Crippen LogP contribution in [0.5, 0.6) is 5.75 Å². The Labute approximate surface area is 113 Å². The maximum Gasteiger partial charge on any atom is 0.260 e. The van der Waals surface area contributed by atoms with Gasteiger partial charge in [0, 0.05) is 17.8 Å². The summed E-state index contributed by atoms with van der Waals surface area (Å²) >= 11 is 0. The SMILES string of the molecule is CCC(CC)NC(=O)C(C)Oc1ccc(N)cc1F. The normalized spacial score (nSPS) is 12.3. The second-order valence-corrected chi connectivity index (χ2v) is 4.47. The van der Waals surface area contributed by atoms with Crippen molar-refractivity contribution in [2.24, 2.45) is 0 Å². The molecule has 0 bridgehead atoms. The van der Waals surface area contributed by atoms with Crippen LogP contribution in [0.25, 0.3) is 0 Å². The Morgan fingerprint density at radius 3 is 2.58 bits per heavy atom. The average molecular weight is 268 g/mol. The standard InChI is InChI=1S/C14H21FN2O2/c1-4-11(5-2)17-14(18)9(3)19-13-7-6-10(16)8-12(13)15/h6-9,11H,4-5,16H2,1-3H3,(H,17,18). The van der Waals surface area contributed by atoms with Gasteiger partial charge in [-0.1, -0.05) is 13.8 Å². The summed E-state index contributed by atoms with van der Waals surface area (Å²) in [5.41, 5.74) is 5.76. The first-order chi connectivity index (χ1) is 8.97. The Kier molecular flexibility index (Phi) is 5.60. The minimum atomic E-state index is -0.751. The first kappa shape index (κ1) is 15.3. The van der Waals surface area contributed by atoms with Crippen LogP contribution in [0.3, 0.4) is 0 Å². The van der Waals surface area contributed by atoms with Crippen molar-refractivity contribution in [2.45, 2.75) is 45.8 Å². The van der Waals surface area contributed by atoms with E-state index >= 15 is 0 Å². The molecule has 0 saturated heterocycles. The molecule has 0 spiro atoms. The Morgan fingerprint density at radius 2 is 2.05 bits per heavy atom. The van der Waals surface area contributed by atoms with Gasteiger partial charge in [-0.05, 0) is 31.9 Å². The lowest BCUT2D eigenvalue weighted by atomic mass is 10.1. The van der Waals surface area contributed by atoms with Gasteiger partial charge in [0.2, 0.25) is 0 Å². The minimum absolute atomic E-state index is 0.0291. The fourth-order valence-electron chi connectivity index (χ4n) is 1.67. The summed E-state index contributed by atoms with van der Waals surface area (Å²) in [6.45, 7) is 5.59. The van der Waals surface area contributed by atoms with Crippen LogP contribution in [-0.2, 0) is 4.79 Å². The number of carbonyl (C=O) groups is 1. The van der Waals surface area contributed by atoms with Crippen LogP contribution in [0.15, 0.2) is 18.2 Å². The number of nitrogen functional groups attached to an aromatic ring is 1. The zero-order valence-electron chi connectivity index (χ0n) is 11.6. The molecule has 3 N–H and O–H groups in total. The predicted molar refractivity (Wildman–Crippen MR) is 73.4 cm³/mol. The zero-order valence-corrected chi connectivity index (χ0v) is 11.6. The number of nitrogens with two attached hydrogens (primary N) is 1. The molecule has 0 aliphatic carbocycles. The Hall–Kier alpha value is -1.78. The summed E-state index contributed by atoms with van der Waals surface area (Å²) in [7, 11) is 0. The number of rotatable bonds is 6. The van der Waals surface area contributed by atoms with Crippen molar-refractivity contribution in [3.63, 3.8) is 0 Å². The number of ether oxygens (including phenoxy) is 1. The molecule has 5 heteroatoms. The highest BCUT2D eigenvalue weighted by molar-refractivity contribution is 5.81. The third-order valence-electron chi connectivity index (χ3n) is 2.96. The molecule has 0 radical (unpaired) electrons. The summed E-state index contributed by atoms with van der Waals surface area (Å²) < 4.78 is 18.8. The largest absolute Gasteiger partial charge is 0.478 e. The lowest BCUT2D eigenvalue weighted by Gasteiger charge is -2.19. The van der Waals surface area contributed by atoms with E-state index in [0.717, 1.165) is 12.8 Å². The van der Waals surface area contributed by atoms with Crippen molar-refractivity contribution in [1.82, 2.24) is 5.32 Å². The maximum atomic E-state index is 13.5. The van der Waals surface area contributed by atoms with Crippen molar-refractivity contribution >= 4 is 11.6 Å².